The van der Waals surface area contributed by atoms with E-state index in [0.717, 1.165) is 51.4 Å². The zero-order chi connectivity index (χ0) is 28.8. The topological polar surface area (TPSA) is 52.6 Å². The maximum Gasteiger partial charge on any atom is 0.309 e. The van der Waals surface area contributed by atoms with Gasteiger partial charge in [-0.1, -0.05) is 102 Å². The molecule has 2 saturated carbocycles. The molecule has 214 valence electrons. The Kier molecular flexibility index (Phi) is 10.1. The molecule has 0 amide bonds. The number of hydrogen-bond acceptors (Lipinski definition) is 4. The average molecular weight is 543 g/mol. The van der Waals surface area contributed by atoms with E-state index in [0.29, 0.717) is 0 Å². The molecule has 6 rings (SSSR count). The third-order valence-corrected chi connectivity index (χ3v) is 9.07. The van der Waals surface area contributed by atoms with Crippen molar-refractivity contribution in [3.05, 3.63) is 59.7 Å². The van der Waals surface area contributed by atoms with Crippen molar-refractivity contribution in [2.24, 2.45) is 11.8 Å². The molecule has 4 heteroatoms. The molecule has 4 aromatic carbocycles. The van der Waals surface area contributed by atoms with Gasteiger partial charge in [-0.3, -0.25) is 9.59 Å². The number of ether oxygens (including phenoxy) is 2. The second kappa shape index (κ2) is 13.5. The highest BCUT2D eigenvalue weighted by atomic mass is 16.5. The van der Waals surface area contributed by atoms with Crippen LogP contribution in [0.25, 0.3) is 32.3 Å². The molecule has 2 aliphatic carbocycles. The molecule has 4 atom stereocenters. The van der Waals surface area contributed by atoms with E-state index >= 15 is 0 Å². The monoisotopic (exact) mass is 542 g/mol. The van der Waals surface area contributed by atoms with Crippen LogP contribution in [0, 0.1) is 11.8 Å². The zero-order valence-corrected chi connectivity index (χ0v) is 25.2. The maximum atomic E-state index is 12.7. The summed E-state index contributed by atoms with van der Waals surface area (Å²) in [5, 5.41) is 7.51. The summed E-state index contributed by atoms with van der Waals surface area (Å²) in [7, 11) is 3.01. The molecule has 4 unspecified atom stereocenters. The number of benzene rings is 4. The Morgan fingerprint density at radius 2 is 0.900 bits per heavy atom. The first kappa shape index (κ1) is 29.8. The van der Waals surface area contributed by atoms with Gasteiger partial charge in [-0.05, 0) is 81.0 Å². The molecule has 0 aromatic heterocycles. The molecular weight excluding hydrogens is 496 g/mol. The fourth-order valence-electron chi connectivity index (χ4n) is 7.37. The highest BCUT2D eigenvalue weighted by Gasteiger charge is 2.35. The summed E-state index contributed by atoms with van der Waals surface area (Å²) in [6.45, 7) is 8.00. The van der Waals surface area contributed by atoms with Crippen LogP contribution in [0.2, 0.25) is 0 Å². The van der Waals surface area contributed by atoms with Gasteiger partial charge in [-0.25, -0.2) is 0 Å². The van der Waals surface area contributed by atoms with Crippen molar-refractivity contribution in [3.8, 4) is 0 Å². The van der Waals surface area contributed by atoms with Crippen molar-refractivity contribution < 1.29 is 19.1 Å². The lowest BCUT2D eigenvalue weighted by molar-refractivity contribution is -0.148. The van der Waals surface area contributed by atoms with Gasteiger partial charge in [0.1, 0.15) is 0 Å². The van der Waals surface area contributed by atoms with E-state index in [1.165, 1.54) is 57.7 Å². The number of hydrogen-bond donors (Lipinski definition) is 0. The second-order valence-electron chi connectivity index (χ2n) is 10.8. The molecule has 2 aliphatic rings. The van der Waals surface area contributed by atoms with Crippen molar-refractivity contribution in [1.82, 2.24) is 0 Å². The van der Waals surface area contributed by atoms with Gasteiger partial charge >= 0.3 is 11.9 Å². The first-order chi connectivity index (χ1) is 19.6. The van der Waals surface area contributed by atoms with Crippen LogP contribution >= 0.6 is 0 Å². The van der Waals surface area contributed by atoms with E-state index in [1.807, 2.05) is 27.7 Å². The predicted molar refractivity (Wildman–Crippen MR) is 166 cm³/mol. The van der Waals surface area contributed by atoms with Crippen LogP contribution in [0.5, 0.6) is 0 Å². The normalized spacial score (nSPS) is 22.6. The lowest BCUT2D eigenvalue weighted by Gasteiger charge is -2.32. The Labute approximate surface area is 239 Å². The van der Waals surface area contributed by atoms with Crippen LogP contribution in [0.3, 0.4) is 0 Å². The van der Waals surface area contributed by atoms with Crippen molar-refractivity contribution in [2.75, 3.05) is 14.2 Å². The van der Waals surface area contributed by atoms with Gasteiger partial charge in [0.25, 0.3) is 0 Å². The molecule has 0 spiro atoms. The Morgan fingerprint density at radius 1 is 0.550 bits per heavy atom. The minimum absolute atomic E-state index is 0.0826. The molecule has 0 N–H and O–H groups in total. The van der Waals surface area contributed by atoms with Crippen LogP contribution in [-0.2, 0) is 19.1 Å². The van der Waals surface area contributed by atoms with Crippen LogP contribution in [-0.4, -0.2) is 26.2 Å². The number of esters is 2. The maximum absolute atomic E-state index is 12.7. The Balaban J connectivity index is 0.000000886. The standard InChI is InChI=1S/C32H34O4.2C2H6/c1-35-31(33)27-9-5-3-7-21(27)23-15-11-19-14-18-26-24(22-8-4-6-10-28(22)32(34)36-2)16-12-20-13-17-25(23)29(19)30(20)26;2*1-2/h11-18,21-22,27-28H,3-10H2,1-2H3;2*1-2H3. The van der Waals surface area contributed by atoms with Gasteiger partial charge in [-0.15, -0.1) is 0 Å². The van der Waals surface area contributed by atoms with Gasteiger partial charge in [0.05, 0.1) is 26.1 Å². The van der Waals surface area contributed by atoms with Crippen LogP contribution in [0.1, 0.15) is 102 Å². The highest BCUT2D eigenvalue weighted by Crippen LogP contribution is 2.47. The Bertz CT molecular complexity index is 1330. The van der Waals surface area contributed by atoms with E-state index in [-0.39, 0.29) is 35.6 Å². The molecule has 0 radical (unpaired) electrons. The number of carbonyl (C=O) groups is 2. The summed E-state index contributed by atoms with van der Waals surface area (Å²) < 4.78 is 10.4. The summed E-state index contributed by atoms with van der Waals surface area (Å²) in [5.74, 6) is 0.0221. The molecular formula is C36H46O4. The molecule has 0 saturated heterocycles. The van der Waals surface area contributed by atoms with Gasteiger partial charge in [-0.2, -0.15) is 0 Å². The van der Waals surface area contributed by atoms with Crippen molar-refractivity contribution in [2.45, 2.75) is 90.9 Å². The highest BCUT2D eigenvalue weighted by molar-refractivity contribution is 6.24. The molecule has 4 aromatic rings. The summed E-state index contributed by atoms with van der Waals surface area (Å²) in [6.07, 6.45) is 8.24. The fraction of sp³-hybridized carbons (Fsp3) is 0.500. The smallest absolute Gasteiger partial charge is 0.309 e. The van der Waals surface area contributed by atoms with Gasteiger partial charge < -0.3 is 9.47 Å². The first-order valence-corrected chi connectivity index (χ1v) is 15.5. The Morgan fingerprint density at radius 3 is 1.27 bits per heavy atom. The summed E-state index contributed by atoms with van der Waals surface area (Å²) in [6, 6.07) is 17.9. The van der Waals surface area contributed by atoms with Crippen LogP contribution in [0.15, 0.2) is 48.5 Å². The van der Waals surface area contributed by atoms with Gasteiger partial charge in [0.15, 0.2) is 0 Å². The molecule has 4 nitrogen and oxygen atoms in total. The number of carbonyl (C=O) groups excluding carboxylic acids is 2. The second-order valence-corrected chi connectivity index (χ2v) is 10.8. The lowest BCUT2D eigenvalue weighted by atomic mass is 9.72. The minimum atomic E-state index is -0.0844. The van der Waals surface area contributed by atoms with E-state index < -0.39 is 0 Å². The van der Waals surface area contributed by atoms with Crippen molar-refractivity contribution in [3.63, 3.8) is 0 Å². The van der Waals surface area contributed by atoms with E-state index in [1.54, 1.807) is 0 Å². The third-order valence-electron chi connectivity index (χ3n) is 9.07. The minimum Gasteiger partial charge on any atom is -0.469 e. The van der Waals surface area contributed by atoms with Crippen molar-refractivity contribution >= 4 is 44.3 Å². The Hall–Kier alpha value is -3.14. The zero-order valence-electron chi connectivity index (χ0n) is 25.2. The van der Waals surface area contributed by atoms with Crippen LogP contribution < -0.4 is 0 Å². The third kappa shape index (κ3) is 5.30. The quantitative estimate of drug-likeness (QED) is 0.190. The van der Waals surface area contributed by atoms with Gasteiger partial charge in [0.2, 0.25) is 0 Å². The molecule has 0 bridgehead atoms. The molecule has 2 fully saturated rings. The summed E-state index contributed by atoms with van der Waals surface area (Å²) in [4.78, 5) is 25.4. The molecule has 0 aliphatic heterocycles. The average Bonchev–Trinajstić information content (AvgIpc) is 3.04. The van der Waals surface area contributed by atoms with Crippen LogP contribution in [0.4, 0.5) is 0 Å². The van der Waals surface area contributed by atoms with Gasteiger partial charge in [0, 0.05) is 0 Å². The number of rotatable bonds is 4. The summed E-state index contributed by atoms with van der Waals surface area (Å²) >= 11 is 0. The summed E-state index contributed by atoms with van der Waals surface area (Å²) in [5.41, 5.74) is 2.53. The largest absolute Gasteiger partial charge is 0.469 e. The lowest BCUT2D eigenvalue weighted by Crippen LogP contribution is -2.27. The van der Waals surface area contributed by atoms with E-state index in [4.69, 9.17) is 9.47 Å². The SMILES string of the molecule is CC.CC.COC(=O)C1CCCCC1c1ccc2ccc3c(C4CCCCC4C(=O)OC)ccc4ccc1c2c43. The fourth-order valence-corrected chi connectivity index (χ4v) is 7.37. The first-order valence-electron chi connectivity index (χ1n) is 15.5. The molecule has 0 heterocycles. The predicted octanol–water partition coefficient (Wildman–Crippen LogP) is 9.53. The molecule has 40 heavy (non-hydrogen) atoms. The van der Waals surface area contributed by atoms with E-state index in [2.05, 4.69) is 48.5 Å². The van der Waals surface area contributed by atoms with Crippen molar-refractivity contribution in [1.29, 1.82) is 0 Å². The number of methoxy groups -OCH3 is 2. The van der Waals surface area contributed by atoms with E-state index in [9.17, 15) is 9.59 Å².